The normalized spacial score (nSPS) is 12.8. The number of pyridine rings is 1. The number of benzene rings is 1. The smallest absolute Gasteiger partial charge is 0.164 e. The molecule has 0 spiro atoms. The van der Waals surface area contributed by atoms with E-state index in [0.29, 0.717) is 50.3 Å². The maximum absolute atomic E-state index is 14.2. The Labute approximate surface area is 217 Å². The van der Waals surface area contributed by atoms with Gasteiger partial charge in [0.1, 0.15) is 35.5 Å². The predicted molar refractivity (Wildman–Crippen MR) is 145 cm³/mol. The zero-order valence-corrected chi connectivity index (χ0v) is 20.7. The van der Waals surface area contributed by atoms with Crippen molar-refractivity contribution in [2.24, 2.45) is 4.99 Å². The van der Waals surface area contributed by atoms with E-state index >= 15 is 0 Å². The summed E-state index contributed by atoms with van der Waals surface area (Å²) in [5, 5.41) is 25.5. The molecule has 1 aromatic carbocycles. The molecule has 0 aliphatic carbocycles. The summed E-state index contributed by atoms with van der Waals surface area (Å²) in [6.07, 6.45) is 8.27. The van der Waals surface area contributed by atoms with Crippen molar-refractivity contribution in [2.45, 2.75) is 19.9 Å². The molecule has 4 heterocycles. The van der Waals surface area contributed by atoms with Crippen LogP contribution in [0.15, 0.2) is 72.6 Å². The highest BCUT2D eigenvalue weighted by atomic mass is 19.1. The Balaban J connectivity index is 1.86. The Kier molecular flexibility index (Phi) is 6.18. The van der Waals surface area contributed by atoms with E-state index < -0.39 is 11.9 Å². The van der Waals surface area contributed by atoms with Crippen molar-refractivity contribution in [2.75, 3.05) is 5.73 Å². The van der Waals surface area contributed by atoms with E-state index in [0.717, 1.165) is 6.07 Å². The third-order valence-corrected chi connectivity index (χ3v) is 6.24. The summed E-state index contributed by atoms with van der Waals surface area (Å²) in [4.78, 5) is 13.1. The van der Waals surface area contributed by atoms with Gasteiger partial charge in [-0.2, -0.15) is 10.4 Å². The quantitative estimate of drug-likeness (QED) is 0.238. The topological polar surface area (TPSA) is 130 Å². The summed E-state index contributed by atoms with van der Waals surface area (Å²) in [7, 11) is 0. The molecule has 5 aromatic rings. The highest BCUT2D eigenvalue weighted by Gasteiger charge is 2.29. The number of nitrogens with two attached hydrogens (primary N) is 1. The highest BCUT2D eigenvalue weighted by Crippen LogP contribution is 2.39. The van der Waals surface area contributed by atoms with Crippen LogP contribution in [0.1, 0.15) is 36.7 Å². The lowest BCUT2D eigenvalue weighted by atomic mass is 10.0. The monoisotopic (exact) mass is 506 g/mol. The number of aliphatic imine (C=N–C) groups is 1. The van der Waals surface area contributed by atoms with Crippen LogP contribution < -0.4 is 5.73 Å². The average Bonchev–Trinajstić information content (AvgIpc) is 3.45. The van der Waals surface area contributed by atoms with Crippen molar-refractivity contribution in [1.82, 2.24) is 24.1 Å². The van der Waals surface area contributed by atoms with Gasteiger partial charge in [0, 0.05) is 29.6 Å². The Morgan fingerprint density at radius 3 is 2.82 bits per heavy atom. The maximum atomic E-state index is 14.2. The molecule has 188 valence electrons. The summed E-state index contributed by atoms with van der Waals surface area (Å²) in [6, 6.07) is 11.1. The molecule has 9 nitrogen and oxygen atoms in total. The van der Waals surface area contributed by atoms with E-state index in [-0.39, 0.29) is 11.6 Å². The van der Waals surface area contributed by atoms with E-state index in [1.807, 2.05) is 42.6 Å². The van der Waals surface area contributed by atoms with Gasteiger partial charge in [0.25, 0.3) is 0 Å². The van der Waals surface area contributed by atoms with Crippen molar-refractivity contribution in [3.05, 3.63) is 90.3 Å². The van der Waals surface area contributed by atoms with Crippen LogP contribution in [-0.4, -0.2) is 35.5 Å². The molecule has 0 bridgehead atoms. The fourth-order valence-electron chi connectivity index (χ4n) is 4.75. The van der Waals surface area contributed by atoms with Gasteiger partial charge in [-0.3, -0.25) is 4.99 Å². The first kappa shape index (κ1) is 24.4. The Hall–Kier alpha value is -5.30. The second-order valence-electron chi connectivity index (χ2n) is 8.50. The van der Waals surface area contributed by atoms with Crippen molar-refractivity contribution in [3.63, 3.8) is 0 Å². The van der Waals surface area contributed by atoms with E-state index in [9.17, 15) is 14.8 Å². The number of anilines is 1. The zero-order chi connectivity index (χ0) is 27.0. The fourth-order valence-corrected chi connectivity index (χ4v) is 4.75. The molecular formula is C28H23FN8O. The van der Waals surface area contributed by atoms with Gasteiger partial charge in [-0.1, -0.05) is 18.7 Å². The molecule has 0 aliphatic heterocycles. The van der Waals surface area contributed by atoms with Crippen molar-refractivity contribution in [3.8, 4) is 23.1 Å². The Morgan fingerprint density at radius 2 is 2.11 bits per heavy atom. The minimum absolute atomic E-state index is 0.151. The first-order valence-corrected chi connectivity index (χ1v) is 11.7. The SMILES string of the molecule is C=C/C=C(\N=CC)c1c(C(C)n2nc(-c3cc(O)cc(F)c3)c3c(N)ncnc32)c(C#N)c2ccccn12. The summed E-state index contributed by atoms with van der Waals surface area (Å²) in [5.41, 5.74) is 10.4. The first-order chi connectivity index (χ1) is 18.4. The van der Waals surface area contributed by atoms with Crippen LogP contribution in [-0.2, 0) is 0 Å². The second kappa shape index (κ2) is 9.63. The number of aromatic hydroxyl groups is 1. The molecule has 0 radical (unpaired) electrons. The lowest BCUT2D eigenvalue weighted by Gasteiger charge is -2.16. The van der Waals surface area contributed by atoms with Crippen molar-refractivity contribution >= 4 is 34.3 Å². The lowest BCUT2D eigenvalue weighted by molar-refractivity contribution is 0.469. The zero-order valence-electron chi connectivity index (χ0n) is 20.7. The van der Waals surface area contributed by atoms with Gasteiger partial charge in [0.15, 0.2) is 5.65 Å². The van der Waals surface area contributed by atoms with Gasteiger partial charge in [0.05, 0.1) is 33.9 Å². The summed E-state index contributed by atoms with van der Waals surface area (Å²) < 4.78 is 17.8. The molecule has 0 amide bonds. The molecule has 0 aliphatic rings. The Morgan fingerprint density at radius 1 is 1.29 bits per heavy atom. The number of fused-ring (bicyclic) bond motifs is 2. The largest absolute Gasteiger partial charge is 0.508 e. The van der Waals surface area contributed by atoms with Crippen LogP contribution in [0.5, 0.6) is 5.75 Å². The van der Waals surface area contributed by atoms with Crippen LogP contribution in [0.2, 0.25) is 0 Å². The summed E-state index contributed by atoms with van der Waals surface area (Å²) in [5.74, 6) is -0.733. The van der Waals surface area contributed by atoms with E-state index in [1.165, 1.54) is 18.5 Å². The molecule has 0 saturated heterocycles. The van der Waals surface area contributed by atoms with Crippen molar-refractivity contribution < 1.29 is 9.50 Å². The average molecular weight is 507 g/mol. The summed E-state index contributed by atoms with van der Waals surface area (Å²) >= 11 is 0. The van der Waals surface area contributed by atoms with E-state index in [1.54, 1.807) is 23.0 Å². The number of phenolic OH excluding ortho intramolecular Hbond substituents is 1. The van der Waals surface area contributed by atoms with Gasteiger partial charge in [-0.05, 0) is 44.2 Å². The van der Waals surface area contributed by atoms with Crippen LogP contribution in [0.25, 0.3) is 33.5 Å². The van der Waals surface area contributed by atoms with E-state index in [2.05, 4.69) is 27.6 Å². The van der Waals surface area contributed by atoms with Crippen LogP contribution in [0.4, 0.5) is 10.2 Å². The molecule has 4 aromatic heterocycles. The molecule has 1 unspecified atom stereocenters. The Bertz CT molecular complexity index is 1800. The van der Waals surface area contributed by atoms with Crippen LogP contribution >= 0.6 is 0 Å². The number of aromatic nitrogens is 5. The fraction of sp³-hybridized carbons (Fsp3) is 0.107. The minimum Gasteiger partial charge on any atom is -0.508 e. The first-order valence-electron chi connectivity index (χ1n) is 11.7. The summed E-state index contributed by atoms with van der Waals surface area (Å²) in [6.45, 7) is 7.52. The number of nitriles is 1. The predicted octanol–water partition coefficient (Wildman–Crippen LogP) is 5.27. The maximum Gasteiger partial charge on any atom is 0.164 e. The molecule has 0 saturated carbocycles. The molecule has 10 heteroatoms. The molecule has 3 N–H and O–H groups in total. The number of nitrogen functional groups attached to an aromatic ring is 1. The number of hydrogen-bond acceptors (Lipinski definition) is 7. The molecule has 38 heavy (non-hydrogen) atoms. The number of rotatable bonds is 6. The highest BCUT2D eigenvalue weighted by molar-refractivity contribution is 5.98. The van der Waals surface area contributed by atoms with Gasteiger partial charge in [0.2, 0.25) is 0 Å². The second-order valence-corrected chi connectivity index (χ2v) is 8.50. The number of nitrogens with zero attached hydrogens (tertiary/aromatic N) is 7. The van der Waals surface area contributed by atoms with Gasteiger partial charge < -0.3 is 15.2 Å². The molecule has 0 fully saturated rings. The molecular weight excluding hydrogens is 483 g/mol. The number of allylic oxidation sites excluding steroid dienone is 2. The minimum atomic E-state index is -0.629. The lowest BCUT2D eigenvalue weighted by Crippen LogP contribution is -2.12. The third kappa shape index (κ3) is 3.87. The third-order valence-electron chi connectivity index (χ3n) is 6.24. The molecule has 1 atom stereocenters. The van der Waals surface area contributed by atoms with Gasteiger partial charge in [-0.15, -0.1) is 0 Å². The van der Waals surface area contributed by atoms with Gasteiger partial charge in [-0.25, -0.2) is 19.0 Å². The van der Waals surface area contributed by atoms with Crippen LogP contribution in [0, 0.1) is 17.1 Å². The number of hydrogen-bond donors (Lipinski definition) is 2. The molecule has 5 rings (SSSR count). The number of halogens is 1. The van der Waals surface area contributed by atoms with Gasteiger partial charge >= 0.3 is 0 Å². The van der Waals surface area contributed by atoms with Crippen LogP contribution in [0.3, 0.4) is 0 Å². The number of phenols is 1. The standard InChI is InChI=1S/C28H23FN8O/c1-4-8-21(32-5-2)26-23(20(14-30)22-9-6-7-10-36(22)26)16(3)37-28-24(27(31)33-15-34-28)25(35-37)17-11-18(29)13-19(38)12-17/h4-13,15-16,38H,1H2,2-3H3,(H2,31,33,34)/b21-8-,32-5?. The van der Waals surface area contributed by atoms with E-state index in [4.69, 9.17) is 10.8 Å². The van der Waals surface area contributed by atoms with Crippen molar-refractivity contribution in [1.29, 1.82) is 5.26 Å².